The van der Waals surface area contributed by atoms with Gasteiger partial charge >= 0.3 is 0 Å². The van der Waals surface area contributed by atoms with E-state index in [9.17, 15) is 9.50 Å². The fourth-order valence-electron chi connectivity index (χ4n) is 2.00. The Morgan fingerprint density at radius 2 is 2.05 bits per heavy atom. The summed E-state index contributed by atoms with van der Waals surface area (Å²) in [7, 11) is 0. The fourth-order valence-corrected chi connectivity index (χ4v) is 2.55. The van der Waals surface area contributed by atoms with E-state index in [1.165, 1.54) is 6.07 Å². The molecule has 20 heavy (non-hydrogen) atoms. The Hall–Kier alpha value is -1.10. The molecule has 0 aliphatic rings. The minimum atomic E-state index is -0.946. The maximum atomic E-state index is 14.0. The van der Waals surface area contributed by atoms with Crippen LogP contribution in [-0.4, -0.2) is 11.7 Å². The SMILES string of the molecule is CC(CO)(Nc1cccc(Cl)c1)c1cc(Br)ccc1F. The highest BCUT2D eigenvalue weighted by molar-refractivity contribution is 9.10. The Morgan fingerprint density at radius 3 is 2.70 bits per heavy atom. The molecule has 0 spiro atoms. The standard InChI is InChI=1S/C15H14BrClFNO/c1-15(9-20,13-7-10(16)5-6-14(13)18)19-12-4-2-3-11(17)8-12/h2-8,19-20H,9H2,1H3. The Morgan fingerprint density at radius 1 is 1.30 bits per heavy atom. The predicted octanol–water partition coefficient (Wildman–Crippen LogP) is 4.56. The minimum absolute atomic E-state index is 0.257. The van der Waals surface area contributed by atoms with Crippen LogP contribution in [0.2, 0.25) is 5.02 Å². The van der Waals surface area contributed by atoms with Crippen LogP contribution in [0, 0.1) is 5.82 Å². The number of hydrogen-bond donors (Lipinski definition) is 2. The molecule has 1 unspecified atom stereocenters. The summed E-state index contributed by atoms with van der Waals surface area (Å²) in [6.07, 6.45) is 0. The van der Waals surface area contributed by atoms with Crippen molar-refractivity contribution in [3.05, 3.63) is 63.3 Å². The van der Waals surface area contributed by atoms with Crippen molar-refractivity contribution < 1.29 is 9.50 Å². The summed E-state index contributed by atoms with van der Waals surface area (Å²) in [6, 6.07) is 11.7. The third-order valence-electron chi connectivity index (χ3n) is 3.08. The van der Waals surface area contributed by atoms with E-state index < -0.39 is 5.54 Å². The molecule has 0 aliphatic heterocycles. The number of anilines is 1. The first-order valence-electron chi connectivity index (χ1n) is 6.05. The van der Waals surface area contributed by atoms with Gasteiger partial charge in [-0.2, -0.15) is 0 Å². The van der Waals surface area contributed by atoms with E-state index in [1.807, 2.05) is 6.07 Å². The number of nitrogens with one attached hydrogen (secondary N) is 1. The van der Waals surface area contributed by atoms with Crippen LogP contribution in [0.25, 0.3) is 0 Å². The molecular weight excluding hydrogens is 345 g/mol. The highest BCUT2D eigenvalue weighted by Gasteiger charge is 2.29. The first kappa shape index (κ1) is 15.3. The van der Waals surface area contributed by atoms with E-state index in [0.717, 1.165) is 4.47 Å². The maximum Gasteiger partial charge on any atom is 0.128 e. The van der Waals surface area contributed by atoms with Crippen LogP contribution in [0.5, 0.6) is 0 Å². The van der Waals surface area contributed by atoms with E-state index in [0.29, 0.717) is 16.3 Å². The van der Waals surface area contributed by atoms with E-state index in [4.69, 9.17) is 11.6 Å². The molecule has 2 N–H and O–H groups in total. The lowest BCUT2D eigenvalue weighted by molar-refractivity contribution is 0.220. The average molecular weight is 359 g/mol. The molecule has 2 aromatic carbocycles. The first-order chi connectivity index (χ1) is 9.44. The summed E-state index contributed by atoms with van der Waals surface area (Å²) in [5.74, 6) is -0.376. The smallest absolute Gasteiger partial charge is 0.128 e. The highest BCUT2D eigenvalue weighted by atomic mass is 79.9. The second-order valence-corrected chi connectivity index (χ2v) is 6.10. The third kappa shape index (κ3) is 3.32. The average Bonchev–Trinajstić information content (AvgIpc) is 2.41. The molecule has 2 rings (SSSR count). The van der Waals surface area contributed by atoms with E-state index in [1.54, 1.807) is 37.3 Å². The van der Waals surface area contributed by atoms with Gasteiger partial charge in [0.05, 0.1) is 12.1 Å². The minimum Gasteiger partial charge on any atom is -0.394 e. The molecule has 0 aromatic heterocycles. The van der Waals surface area contributed by atoms with Gasteiger partial charge in [0.1, 0.15) is 5.82 Å². The van der Waals surface area contributed by atoms with Crippen LogP contribution in [0.15, 0.2) is 46.9 Å². The molecule has 0 amide bonds. The number of benzene rings is 2. The number of halogens is 3. The van der Waals surface area contributed by atoms with Gasteiger partial charge in [0.15, 0.2) is 0 Å². The quantitative estimate of drug-likeness (QED) is 0.839. The zero-order chi connectivity index (χ0) is 14.8. The van der Waals surface area contributed by atoms with E-state index >= 15 is 0 Å². The number of aliphatic hydroxyl groups excluding tert-OH is 1. The zero-order valence-electron chi connectivity index (χ0n) is 10.8. The Balaban J connectivity index is 2.40. The molecule has 0 bridgehead atoms. The number of aliphatic hydroxyl groups is 1. The molecule has 5 heteroatoms. The lowest BCUT2D eigenvalue weighted by atomic mass is 9.92. The molecule has 0 fully saturated rings. The molecule has 106 valence electrons. The predicted molar refractivity (Wildman–Crippen MR) is 83.6 cm³/mol. The second-order valence-electron chi connectivity index (χ2n) is 4.75. The fraction of sp³-hybridized carbons (Fsp3) is 0.200. The van der Waals surface area contributed by atoms with Gasteiger partial charge in [0.25, 0.3) is 0 Å². The molecule has 0 aliphatic carbocycles. The van der Waals surface area contributed by atoms with Crippen LogP contribution in [0.1, 0.15) is 12.5 Å². The van der Waals surface area contributed by atoms with Crippen LogP contribution in [-0.2, 0) is 5.54 Å². The summed E-state index contributed by atoms with van der Waals surface area (Å²) >= 11 is 9.25. The molecule has 0 radical (unpaired) electrons. The molecule has 0 saturated carbocycles. The van der Waals surface area contributed by atoms with Gasteiger partial charge in [-0.15, -0.1) is 0 Å². The van der Waals surface area contributed by atoms with Crippen molar-refractivity contribution in [2.24, 2.45) is 0 Å². The van der Waals surface area contributed by atoms with Crippen LogP contribution >= 0.6 is 27.5 Å². The molecule has 2 nitrogen and oxygen atoms in total. The largest absolute Gasteiger partial charge is 0.394 e. The van der Waals surface area contributed by atoms with Crippen LogP contribution < -0.4 is 5.32 Å². The third-order valence-corrected chi connectivity index (χ3v) is 3.81. The Kier molecular flexibility index (Phi) is 4.68. The van der Waals surface area contributed by atoms with Crippen molar-refractivity contribution >= 4 is 33.2 Å². The Bertz CT molecular complexity index is 623. The van der Waals surface area contributed by atoms with Crippen molar-refractivity contribution in [1.82, 2.24) is 0 Å². The van der Waals surface area contributed by atoms with Gasteiger partial charge in [-0.3, -0.25) is 0 Å². The van der Waals surface area contributed by atoms with E-state index in [-0.39, 0.29) is 12.4 Å². The van der Waals surface area contributed by atoms with Crippen LogP contribution in [0.3, 0.4) is 0 Å². The summed E-state index contributed by atoms with van der Waals surface area (Å²) in [5, 5.41) is 13.4. The van der Waals surface area contributed by atoms with Gasteiger partial charge in [-0.25, -0.2) is 4.39 Å². The van der Waals surface area contributed by atoms with Gasteiger partial charge in [0, 0.05) is 20.7 Å². The molecule has 2 aromatic rings. The Labute approximate surface area is 130 Å². The highest BCUT2D eigenvalue weighted by Crippen LogP contribution is 2.30. The molecular formula is C15H14BrClFNO. The van der Waals surface area contributed by atoms with E-state index in [2.05, 4.69) is 21.2 Å². The van der Waals surface area contributed by atoms with Crippen molar-refractivity contribution in [2.75, 3.05) is 11.9 Å². The molecule has 0 heterocycles. The molecule has 1 atom stereocenters. The molecule has 0 saturated heterocycles. The summed E-state index contributed by atoms with van der Waals surface area (Å²) < 4.78 is 14.8. The van der Waals surface area contributed by atoms with Gasteiger partial charge in [-0.1, -0.05) is 33.6 Å². The van der Waals surface area contributed by atoms with Crippen molar-refractivity contribution in [3.8, 4) is 0 Å². The van der Waals surface area contributed by atoms with Crippen molar-refractivity contribution in [2.45, 2.75) is 12.5 Å². The van der Waals surface area contributed by atoms with Crippen molar-refractivity contribution in [1.29, 1.82) is 0 Å². The van der Waals surface area contributed by atoms with Gasteiger partial charge < -0.3 is 10.4 Å². The number of rotatable bonds is 4. The van der Waals surface area contributed by atoms with Gasteiger partial charge in [0.2, 0.25) is 0 Å². The van der Waals surface area contributed by atoms with Crippen molar-refractivity contribution in [3.63, 3.8) is 0 Å². The normalized spacial score (nSPS) is 13.8. The lowest BCUT2D eigenvalue weighted by Gasteiger charge is -2.31. The second kappa shape index (κ2) is 6.12. The maximum absolute atomic E-state index is 14.0. The lowest BCUT2D eigenvalue weighted by Crippen LogP contribution is -2.36. The van der Waals surface area contributed by atoms with Crippen LogP contribution in [0.4, 0.5) is 10.1 Å². The first-order valence-corrected chi connectivity index (χ1v) is 7.22. The zero-order valence-corrected chi connectivity index (χ0v) is 13.2. The monoisotopic (exact) mass is 357 g/mol. The summed E-state index contributed by atoms with van der Waals surface area (Å²) in [6.45, 7) is 1.48. The summed E-state index contributed by atoms with van der Waals surface area (Å²) in [4.78, 5) is 0. The summed E-state index contributed by atoms with van der Waals surface area (Å²) in [5.41, 5.74) is 0.154. The van der Waals surface area contributed by atoms with Gasteiger partial charge in [-0.05, 0) is 43.3 Å². The number of hydrogen-bond acceptors (Lipinski definition) is 2. The topological polar surface area (TPSA) is 32.3 Å².